The fourth-order valence-corrected chi connectivity index (χ4v) is 5.75. The second kappa shape index (κ2) is 8.84. The number of fused-ring (bicyclic) bond motifs is 2. The number of carbonyl (C=O) groups is 3. The Morgan fingerprint density at radius 3 is 2.64 bits per heavy atom. The monoisotopic (exact) mass is 447 g/mol. The van der Waals surface area contributed by atoms with Gasteiger partial charge in [-0.3, -0.25) is 19.5 Å². The Bertz CT molecular complexity index is 1090. The first-order valence-electron chi connectivity index (χ1n) is 11.7. The Hall–Kier alpha value is -3.42. The minimum Gasteiger partial charge on any atom is -0.366 e. The van der Waals surface area contributed by atoms with Gasteiger partial charge in [0.2, 0.25) is 17.7 Å². The van der Waals surface area contributed by atoms with E-state index in [1.165, 1.54) is 31.8 Å². The van der Waals surface area contributed by atoms with Gasteiger partial charge in [0.25, 0.3) is 0 Å². The molecular weight excluding hydrogens is 418 g/mol. The number of primary amides is 1. The van der Waals surface area contributed by atoms with E-state index in [2.05, 4.69) is 15.5 Å². The first kappa shape index (κ1) is 21.4. The van der Waals surface area contributed by atoms with Gasteiger partial charge >= 0.3 is 0 Å². The molecule has 8 nitrogen and oxygen atoms in total. The SMILES string of the molecule is NC(=O)c1ccc(/C=C/C(=O)N2CCCC2C(=O)Nc2cc(C3CC4CCC3C4)[nH]n2)cc1. The molecule has 8 heteroatoms. The van der Waals surface area contributed by atoms with Crippen LogP contribution in [0.4, 0.5) is 5.82 Å². The minimum absolute atomic E-state index is 0.203. The molecule has 3 fully saturated rings. The van der Waals surface area contributed by atoms with Crippen molar-refractivity contribution in [1.82, 2.24) is 15.1 Å². The number of nitrogens with one attached hydrogen (secondary N) is 2. The third-order valence-electron chi connectivity index (χ3n) is 7.44. The van der Waals surface area contributed by atoms with Gasteiger partial charge in [-0.15, -0.1) is 0 Å². The zero-order valence-electron chi connectivity index (χ0n) is 18.5. The summed E-state index contributed by atoms with van der Waals surface area (Å²) in [5.74, 6) is 1.72. The molecule has 4 unspecified atom stereocenters. The van der Waals surface area contributed by atoms with E-state index in [1.807, 2.05) is 6.07 Å². The summed E-state index contributed by atoms with van der Waals surface area (Å²) in [4.78, 5) is 38.5. The molecule has 4 N–H and O–H groups in total. The van der Waals surface area contributed by atoms with E-state index < -0.39 is 11.9 Å². The Morgan fingerprint density at radius 1 is 1.12 bits per heavy atom. The van der Waals surface area contributed by atoms with Crippen LogP contribution < -0.4 is 11.1 Å². The van der Waals surface area contributed by atoms with Gasteiger partial charge in [-0.25, -0.2) is 0 Å². The molecule has 1 saturated heterocycles. The average Bonchev–Trinajstić information content (AvgIpc) is 3.61. The molecule has 4 atom stereocenters. The van der Waals surface area contributed by atoms with Crippen LogP contribution in [0, 0.1) is 11.8 Å². The number of hydrogen-bond donors (Lipinski definition) is 3. The molecule has 1 aromatic carbocycles. The molecule has 0 radical (unpaired) electrons. The summed E-state index contributed by atoms with van der Waals surface area (Å²) in [6.45, 7) is 0.541. The highest BCUT2D eigenvalue weighted by molar-refractivity contribution is 6.00. The molecule has 172 valence electrons. The number of anilines is 1. The van der Waals surface area contributed by atoms with Crippen LogP contribution in [0.1, 0.15) is 66.1 Å². The van der Waals surface area contributed by atoms with Crippen LogP contribution in [0.3, 0.4) is 0 Å². The molecule has 3 amide bonds. The largest absolute Gasteiger partial charge is 0.366 e. The van der Waals surface area contributed by atoms with Crippen LogP contribution in [0.2, 0.25) is 0 Å². The highest BCUT2D eigenvalue weighted by atomic mass is 16.2. The van der Waals surface area contributed by atoms with Crippen molar-refractivity contribution in [1.29, 1.82) is 0 Å². The Kier molecular flexibility index (Phi) is 5.74. The molecule has 2 bridgehead atoms. The maximum absolute atomic E-state index is 12.9. The van der Waals surface area contributed by atoms with Crippen LogP contribution >= 0.6 is 0 Å². The van der Waals surface area contributed by atoms with Crippen LogP contribution in [-0.4, -0.2) is 45.4 Å². The van der Waals surface area contributed by atoms with Crippen molar-refractivity contribution in [2.24, 2.45) is 17.6 Å². The van der Waals surface area contributed by atoms with E-state index in [0.717, 1.165) is 29.5 Å². The van der Waals surface area contributed by atoms with Gasteiger partial charge in [0, 0.05) is 35.9 Å². The number of aromatic nitrogens is 2. The van der Waals surface area contributed by atoms with Crippen molar-refractivity contribution in [2.75, 3.05) is 11.9 Å². The second-order valence-corrected chi connectivity index (χ2v) is 9.49. The summed E-state index contributed by atoms with van der Waals surface area (Å²) < 4.78 is 0. The Labute approximate surface area is 192 Å². The van der Waals surface area contributed by atoms with Crippen molar-refractivity contribution in [3.8, 4) is 0 Å². The zero-order valence-corrected chi connectivity index (χ0v) is 18.5. The van der Waals surface area contributed by atoms with Crippen LogP contribution in [0.5, 0.6) is 0 Å². The van der Waals surface area contributed by atoms with Crippen LogP contribution in [0.15, 0.2) is 36.4 Å². The van der Waals surface area contributed by atoms with Gasteiger partial charge < -0.3 is 16.0 Å². The summed E-state index contributed by atoms with van der Waals surface area (Å²) >= 11 is 0. The normalized spacial score (nSPS) is 26.2. The molecule has 5 rings (SSSR count). The number of rotatable bonds is 6. The zero-order chi connectivity index (χ0) is 22.9. The molecule has 2 aromatic rings. The first-order chi connectivity index (χ1) is 16.0. The predicted octanol–water partition coefficient (Wildman–Crippen LogP) is 3.06. The first-order valence-corrected chi connectivity index (χ1v) is 11.7. The van der Waals surface area contributed by atoms with Gasteiger partial charge in [-0.1, -0.05) is 18.6 Å². The number of nitrogens with two attached hydrogens (primary N) is 1. The number of amides is 3. The van der Waals surface area contributed by atoms with Crippen molar-refractivity contribution in [2.45, 2.75) is 50.5 Å². The van der Waals surface area contributed by atoms with Gasteiger partial charge in [-0.2, -0.15) is 5.10 Å². The summed E-state index contributed by atoms with van der Waals surface area (Å²) in [6, 6.07) is 8.13. The lowest BCUT2D eigenvalue weighted by Gasteiger charge is -2.22. The number of H-pyrrole nitrogens is 1. The second-order valence-electron chi connectivity index (χ2n) is 9.49. The summed E-state index contributed by atoms with van der Waals surface area (Å²) in [5, 5.41) is 10.3. The van der Waals surface area contributed by atoms with E-state index in [9.17, 15) is 14.4 Å². The van der Waals surface area contributed by atoms with E-state index in [-0.39, 0.29) is 11.8 Å². The number of carbonyl (C=O) groups excluding carboxylic acids is 3. The number of likely N-dealkylation sites (tertiary alicyclic amines) is 1. The lowest BCUT2D eigenvalue weighted by Crippen LogP contribution is -2.42. The van der Waals surface area contributed by atoms with Gasteiger partial charge in [0.05, 0.1) is 0 Å². The molecule has 2 saturated carbocycles. The van der Waals surface area contributed by atoms with E-state index in [4.69, 9.17) is 5.73 Å². The minimum atomic E-state index is -0.512. The predicted molar refractivity (Wildman–Crippen MR) is 124 cm³/mol. The molecule has 1 aromatic heterocycles. The molecule has 3 aliphatic rings. The molecule has 0 spiro atoms. The lowest BCUT2D eigenvalue weighted by atomic mass is 9.86. The topological polar surface area (TPSA) is 121 Å². The fraction of sp³-hybridized carbons (Fsp3) is 0.440. The number of nitrogens with zero attached hydrogens (tertiary/aromatic N) is 2. The van der Waals surface area contributed by atoms with Gasteiger partial charge in [0.1, 0.15) is 6.04 Å². The smallest absolute Gasteiger partial charge is 0.248 e. The quantitative estimate of drug-likeness (QED) is 0.589. The van der Waals surface area contributed by atoms with E-state index in [1.54, 1.807) is 35.2 Å². The third kappa shape index (κ3) is 4.42. The Morgan fingerprint density at radius 2 is 1.94 bits per heavy atom. The molecule has 1 aliphatic heterocycles. The number of hydrogen-bond acceptors (Lipinski definition) is 4. The number of benzene rings is 1. The molecule has 2 heterocycles. The van der Waals surface area contributed by atoms with E-state index in [0.29, 0.717) is 30.3 Å². The van der Waals surface area contributed by atoms with Gasteiger partial charge in [0.15, 0.2) is 5.82 Å². The van der Waals surface area contributed by atoms with Crippen LogP contribution in [0.25, 0.3) is 6.08 Å². The fourth-order valence-electron chi connectivity index (χ4n) is 5.75. The lowest BCUT2D eigenvalue weighted by molar-refractivity contribution is -0.132. The van der Waals surface area contributed by atoms with Crippen molar-refractivity contribution in [3.63, 3.8) is 0 Å². The molecule has 33 heavy (non-hydrogen) atoms. The molecule has 2 aliphatic carbocycles. The summed E-state index contributed by atoms with van der Waals surface area (Å²) in [5.41, 5.74) is 7.56. The van der Waals surface area contributed by atoms with Crippen molar-refractivity contribution >= 4 is 29.6 Å². The number of aromatic amines is 1. The van der Waals surface area contributed by atoms with Crippen molar-refractivity contribution in [3.05, 3.63) is 53.2 Å². The summed E-state index contributed by atoms with van der Waals surface area (Å²) in [6.07, 6.45) is 9.71. The summed E-state index contributed by atoms with van der Waals surface area (Å²) in [7, 11) is 0. The average molecular weight is 448 g/mol. The molecular formula is C25H29N5O3. The van der Waals surface area contributed by atoms with Gasteiger partial charge in [-0.05, 0) is 67.7 Å². The third-order valence-corrected chi connectivity index (χ3v) is 7.44. The maximum atomic E-state index is 12.9. The Balaban J connectivity index is 1.20. The standard InChI is InChI=1S/C25H29N5O3/c26-24(32)17-7-3-15(4-8-17)6-10-23(31)30-11-1-2-21(30)25(33)27-22-14-20(28-29-22)19-13-16-5-9-18(19)12-16/h3-4,6-8,10,14,16,18-19,21H,1-2,5,9,11-13H2,(H2,26,32)(H2,27,28,29,33)/b10-6+. The van der Waals surface area contributed by atoms with Crippen molar-refractivity contribution < 1.29 is 14.4 Å². The maximum Gasteiger partial charge on any atom is 0.248 e. The van der Waals surface area contributed by atoms with E-state index >= 15 is 0 Å². The highest BCUT2D eigenvalue weighted by Crippen LogP contribution is 2.52. The highest BCUT2D eigenvalue weighted by Gasteiger charge is 2.41. The van der Waals surface area contributed by atoms with Crippen LogP contribution in [-0.2, 0) is 9.59 Å².